The molecule has 0 radical (unpaired) electrons. The maximum absolute atomic E-state index is 4.42. The van der Waals surface area contributed by atoms with E-state index in [1.807, 2.05) is 0 Å². The minimum atomic E-state index is 0.0690. The molecule has 1 aromatic heterocycles. The van der Waals surface area contributed by atoms with E-state index in [-0.39, 0.29) is 5.41 Å². The number of aromatic nitrogens is 2. The third-order valence-corrected chi connectivity index (χ3v) is 3.87. The predicted molar refractivity (Wildman–Crippen MR) is 79.7 cm³/mol. The molecule has 0 aliphatic carbocycles. The lowest BCUT2D eigenvalue weighted by Gasteiger charge is -2.36. The fourth-order valence-corrected chi connectivity index (χ4v) is 2.48. The molecule has 19 heavy (non-hydrogen) atoms. The van der Waals surface area contributed by atoms with Crippen LogP contribution in [0.1, 0.15) is 39.3 Å². The minimum Gasteiger partial charge on any atom is -0.354 e. The molecule has 4 nitrogen and oxygen atoms in total. The molecular weight excluding hydrogens is 236 g/mol. The molecule has 0 bridgehead atoms. The van der Waals surface area contributed by atoms with Gasteiger partial charge < -0.3 is 9.80 Å². The summed E-state index contributed by atoms with van der Waals surface area (Å²) in [4.78, 5) is 4.66. The molecule has 2 heterocycles. The second kappa shape index (κ2) is 5.45. The van der Waals surface area contributed by atoms with Crippen molar-refractivity contribution in [3.8, 4) is 0 Å². The predicted octanol–water partition coefficient (Wildman–Crippen LogP) is 2.30. The molecule has 1 aliphatic heterocycles. The SMILES string of the molecule is CN(C)C1CCCN(c2ccc(C(C)(C)C)nn2)C1. The lowest BCUT2D eigenvalue weighted by atomic mass is 9.92. The Morgan fingerprint density at radius 3 is 2.47 bits per heavy atom. The van der Waals surface area contributed by atoms with E-state index in [1.165, 1.54) is 12.8 Å². The van der Waals surface area contributed by atoms with Crippen LogP contribution >= 0.6 is 0 Å². The Labute approximate surface area is 116 Å². The van der Waals surface area contributed by atoms with Crippen molar-refractivity contribution in [1.29, 1.82) is 0 Å². The van der Waals surface area contributed by atoms with Gasteiger partial charge >= 0.3 is 0 Å². The molecule has 1 aromatic rings. The van der Waals surface area contributed by atoms with Gasteiger partial charge in [0.05, 0.1) is 5.69 Å². The van der Waals surface area contributed by atoms with Crippen molar-refractivity contribution in [2.24, 2.45) is 0 Å². The summed E-state index contributed by atoms with van der Waals surface area (Å²) in [5.41, 5.74) is 1.12. The normalized spacial score (nSPS) is 20.9. The highest BCUT2D eigenvalue weighted by Crippen LogP contribution is 2.23. The number of nitrogens with zero attached hydrogens (tertiary/aromatic N) is 4. The van der Waals surface area contributed by atoms with Crippen molar-refractivity contribution >= 4 is 5.82 Å². The van der Waals surface area contributed by atoms with Gasteiger partial charge in [-0.05, 0) is 39.1 Å². The molecule has 0 saturated carbocycles. The summed E-state index contributed by atoms with van der Waals surface area (Å²) >= 11 is 0. The van der Waals surface area contributed by atoms with Crippen LogP contribution in [0, 0.1) is 0 Å². The smallest absolute Gasteiger partial charge is 0.151 e. The van der Waals surface area contributed by atoms with E-state index >= 15 is 0 Å². The zero-order chi connectivity index (χ0) is 14.0. The summed E-state index contributed by atoms with van der Waals surface area (Å²) in [6, 6.07) is 4.85. The van der Waals surface area contributed by atoms with Crippen LogP contribution in [0.15, 0.2) is 12.1 Å². The molecule has 0 aromatic carbocycles. The Morgan fingerprint density at radius 2 is 1.95 bits per heavy atom. The van der Waals surface area contributed by atoms with Crippen molar-refractivity contribution in [2.45, 2.75) is 45.1 Å². The first-order chi connectivity index (χ1) is 8.88. The number of anilines is 1. The lowest BCUT2D eigenvalue weighted by Crippen LogP contribution is -2.45. The van der Waals surface area contributed by atoms with E-state index < -0.39 is 0 Å². The van der Waals surface area contributed by atoms with E-state index in [4.69, 9.17) is 0 Å². The maximum Gasteiger partial charge on any atom is 0.151 e. The fraction of sp³-hybridized carbons (Fsp3) is 0.733. The highest BCUT2D eigenvalue weighted by atomic mass is 15.3. The molecule has 0 spiro atoms. The Balaban J connectivity index is 2.10. The highest BCUT2D eigenvalue weighted by molar-refractivity contribution is 5.38. The standard InChI is InChI=1S/C15H26N4/c1-15(2,3)13-8-9-14(17-16-13)19-10-6-7-12(11-19)18(4)5/h8-9,12H,6-7,10-11H2,1-5H3. The van der Waals surface area contributed by atoms with E-state index in [9.17, 15) is 0 Å². The Bertz CT molecular complexity index is 405. The zero-order valence-corrected chi connectivity index (χ0v) is 12.8. The number of hydrogen-bond donors (Lipinski definition) is 0. The van der Waals surface area contributed by atoms with Gasteiger partial charge in [0.15, 0.2) is 5.82 Å². The van der Waals surface area contributed by atoms with Crippen LogP contribution in [-0.2, 0) is 5.41 Å². The van der Waals surface area contributed by atoms with Crippen LogP contribution in [0.5, 0.6) is 0 Å². The summed E-state index contributed by atoms with van der Waals surface area (Å²) in [7, 11) is 4.31. The number of likely N-dealkylation sites (N-methyl/N-ethyl adjacent to an activating group) is 1. The summed E-state index contributed by atoms with van der Waals surface area (Å²) in [6.45, 7) is 8.64. The van der Waals surface area contributed by atoms with Gasteiger partial charge in [0.2, 0.25) is 0 Å². The van der Waals surface area contributed by atoms with Crippen LogP contribution in [0.2, 0.25) is 0 Å². The average Bonchev–Trinajstić information content (AvgIpc) is 2.38. The van der Waals surface area contributed by atoms with Crippen molar-refractivity contribution in [1.82, 2.24) is 15.1 Å². The van der Waals surface area contributed by atoms with Crippen molar-refractivity contribution in [3.05, 3.63) is 17.8 Å². The van der Waals surface area contributed by atoms with E-state index in [2.05, 4.69) is 67.0 Å². The molecule has 2 rings (SSSR count). The Kier molecular flexibility index (Phi) is 4.09. The molecule has 1 fully saturated rings. The zero-order valence-electron chi connectivity index (χ0n) is 12.8. The van der Waals surface area contributed by atoms with Crippen molar-refractivity contribution in [2.75, 3.05) is 32.1 Å². The fourth-order valence-electron chi connectivity index (χ4n) is 2.48. The Hall–Kier alpha value is -1.16. The minimum absolute atomic E-state index is 0.0690. The average molecular weight is 262 g/mol. The van der Waals surface area contributed by atoms with E-state index in [1.54, 1.807) is 0 Å². The topological polar surface area (TPSA) is 32.3 Å². The summed E-state index contributed by atoms with van der Waals surface area (Å²) in [6.07, 6.45) is 2.50. The van der Waals surface area contributed by atoms with Gasteiger partial charge in [-0.15, -0.1) is 5.10 Å². The van der Waals surface area contributed by atoms with Gasteiger partial charge in [-0.3, -0.25) is 0 Å². The number of rotatable bonds is 2. The molecule has 0 N–H and O–H groups in total. The summed E-state index contributed by atoms with van der Waals surface area (Å²) in [5.74, 6) is 1.01. The van der Waals surface area contributed by atoms with Crippen molar-refractivity contribution in [3.63, 3.8) is 0 Å². The van der Waals surface area contributed by atoms with Crippen LogP contribution < -0.4 is 4.90 Å². The number of hydrogen-bond acceptors (Lipinski definition) is 4. The molecule has 1 saturated heterocycles. The van der Waals surface area contributed by atoms with Crippen LogP contribution in [-0.4, -0.2) is 48.3 Å². The van der Waals surface area contributed by atoms with E-state index in [0.717, 1.165) is 24.6 Å². The quantitative estimate of drug-likeness (QED) is 0.818. The molecule has 0 amide bonds. The Morgan fingerprint density at radius 1 is 1.21 bits per heavy atom. The van der Waals surface area contributed by atoms with Gasteiger partial charge in [0.1, 0.15) is 0 Å². The first kappa shape index (κ1) is 14.3. The van der Waals surface area contributed by atoms with Crippen LogP contribution in [0.25, 0.3) is 0 Å². The molecule has 4 heteroatoms. The third-order valence-electron chi connectivity index (χ3n) is 3.87. The maximum atomic E-state index is 4.42. The molecule has 1 aliphatic rings. The highest BCUT2D eigenvalue weighted by Gasteiger charge is 2.23. The molecule has 1 unspecified atom stereocenters. The van der Waals surface area contributed by atoms with Gasteiger partial charge in [0.25, 0.3) is 0 Å². The van der Waals surface area contributed by atoms with Gasteiger partial charge in [-0.1, -0.05) is 20.8 Å². The van der Waals surface area contributed by atoms with Crippen LogP contribution in [0.4, 0.5) is 5.82 Å². The van der Waals surface area contributed by atoms with Crippen LogP contribution in [0.3, 0.4) is 0 Å². The first-order valence-corrected chi connectivity index (χ1v) is 7.13. The van der Waals surface area contributed by atoms with Crippen molar-refractivity contribution < 1.29 is 0 Å². The largest absolute Gasteiger partial charge is 0.354 e. The second-order valence-corrected chi connectivity index (χ2v) is 6.73. The molecule has 1 atom stereocenters. The third kappa shape index (κ3) is 3.44. The summed E-state index contributed by atoms with van der Waals surface area (Å²) < 4.78 is 0. The monoisotopic (exact) mass is 262 g/mol. The first-order valence-electron chi connectivity index (χ1n) is 7.13. The number of piperidine rings is 1. The van der Waals surface area contributed by atoms with E-state index in [0.29, 0.717) is 6.04 Å². The molecule has 106 valence electrons. The second-order valence-electron chi connectivity index (χ2n) is 6.73. The lowest BCUT2D eigenvalue weighted by molar-refractivity contribution is 0.257. The molecular formula is C15H26N4. The van der Waals surface area contributed by atoms with Gasteiger partial charge in [-0.25, -0.2) is 0 Å². The van der Waals surface area contributed by atoms with Gasteiger partial charge in [-0.2, -0.15) is 5.10 Å². The summed E-state index contributed by atoms with van der Waals surface area (Å²) in [5, 5.41) is 8.81. The van der Waals surface area contributed by atoms with Gasteiger partial charge in [0, 0.05) is 24.5 Å².